The van der Waals surface area contributed by atoms with Crippen molar-refractivity contribution in [2.24, 2.45) is 13.0 Å². The van der Waals surface area contributed by atoms with Gasteiger partial charge in [-0.05, 0) is 49.1 Å². The van der Waals surface area contributed by atoms with E-state index < -0.39 is 22.7 Å². The summed E-state index contributed by atoms with van der Waals surface area (Å²) in [4.78, 5) is 18.8. The first-order valence-electron chi connectivity index (χ1n) is 12.8. The topological polar surface area (TPSA) is 81.0 Å². The van der Waals surface area contributed by atoms with Crippen LogP contribution in [0.4, 0.5) is 13.2 Å². The number of pyridine rings is 1. The second-order valence-electron chi connectivity index (χ2n) is 10.7. The SMILES string of the molecule is C[C@H]1CCCN(Cc2cc3c(C(F)(F)F)cn(-c4cccc(C5(c6nncn6C)COC5)c4)c(=O)c3[nH]2)C1. The van der Waals surface area contributed by atoms with Gasteiger partial charge in [-0.15, -0.1) is 10.2 Å². The largest absolute Gasteiger partial charge is 0.418 e. The maximum Gasteiger partial charge on any atom is 0.418 e. The number of likely N-dealkylation sites (tertiary alicyclic amines) is 1. The average Bonchev–Trinajstić information content (AvgIpc) is 3.45. The minimum Gasteiger partial charge on any atom is -0.378 e. The second-order valence-corrected chi connectivity index (χ2v) is 10.7. The third-order valence-corrected chi connectivity index (χ3v) is 7.81. The van der Waals surface area contributed by atoms with Crippen LogP contribution in [0.3, 0.4) is 0 Å². The lowest BCUT2D eigenvalue weighted by Gasteiger charge is -2.40. The van der Waals surface area contributed by atoms with Crippen molar-refractivity contribution in [3.8, 4) is 5.69 Å². The van der Waals surface area contributed by atoms with Crippen molar-refractivity contribution in [3.05, 3.63) is 75.9 Å². The molecule has 1 N–H and O–H groups in total. The molecule has 0 aliphatic carbocycles. The lowest BCUT2D eigenvalue weighted by Crippen LogP contribution is -2.49. The number of nitrogens with zero attached hydrogens (tertiary/aromatic N) is 5. The zero-order valence-electron chi connectivity index (χ0n) is 21.3. The number of nitrogens with one attached hydrogen (secondary N) is 1. The Hall–Kier alpha value is -3.44. The molecule has 6 rings (SSSR count). The number of ether oxygens (including phenoxy) is 1. The molecule has 0 radical (unpaired) electrons. The molecule has 11 heteroatoms. The molecule has 0 unspecified atom stereocenters. The Bertz CT molecular complexity index is 1550. The van der Waals surface area contributed by atoms with E-state index in [1.165, 1.54) is 6.07 Å². The molecule has 8 nitrogen and oxygen atoms in total. The molecular weight excluding hydrogens is 497 g/mol. The number of fused-ring (bicyclic) bond motifs is 1. The normalized spacial score (nSPS) is 20.1. The monoisotopic (exact) mass is 526 g/mol. The zero-order chi connectivity index (χ0) is 26.7. The lowest BCUT2D eigenvalue weighted by molar-refractivity contribution is -0.136. The Morgan fingerprint density at radius 1 is 1.24 bits per heavy atom. The van der Waals surface area contributed by atoms with Crippen molar-refractivity contribution in [2.75, 3.05) is 26.3 Å². The Morgan fingerprint density at radius 2 is 2.05 bits per heavy atom. The van der Waals surface area contributed by atoms with Gasteiger partial charge in [0.2, 0.25) is 0 Å². The van der Waals surface area contributed by atoms with E-state index in [1.54, 1.807) is 29.1 Å². The number of alkyl halides is 3. The van der Waals surface area contributed by atoms with Crippen molar-refractivity contribution in [3.63, 3.8) is 0 Å². The first kappa shape index (κ1) is 24.9. The van der Waals surface area contributed by atoms with Gasteiger partial charge in [0, 0.05) is 43.1 Å². The molecule has 2 aliphatic rings. The quantitative estimate of drug-likeness (QED) is 0.425. The van der Waals surface area contributed by atoms with Gasteiger partial charge >= 0.3 is 6.18 Å². The number of rotatable bonds is 5. The van der Waals surface area contributed by atoms with Gasteiger partial charge in [0.05, 0.1) is 18.8 Å². The molecule has 2 fully saturated rings. The highest BCUT2D eigenvalue weighted by atomic mass is 19.4. The summed E-state index contributed by atoms with van der Waals surface area (Å²) in [6.07, 6.45) is 0.0812. The van der Waals surface area contributed by atoms with E-state index in [1.807, 2.05) is 13.1 Å². The summed E-state index contributed by atoms with van der Waals surface area (Å²) in [6, 6.07) is 8.47. The molecule has 0 saturated carbocycles. The van der Waals surface area contributed by atoms with Crippen LogP contribution < -0.4 is 5.56 Å². The van der Waals surface area contributed by atoms with E-state index in [9.17, 15) is 18.0 Å². The second kappa shape index (κ2) is 9.09. The fraction of sp³-hybridized carbons (Fsp3) is 0.444. The first-order chi connectivity index (χ1) is 18.2. The van der Waals surface area contributed by atoms with Crippen molar-refractivity contribution >= 4 is 10.9 Å². The molecule has 1 atom stereocenters. The molecule has 0 spiro atoms. The molecule has 4 aromatic rings. The van der Waals surface area contributed by atoms with E-state index in [-0.39, 0.29) is 10.9 Å². The molecule has 5 heterocycles. The summed E-state index contributed by atoms with van der Waals surface area (Å²) in [5, 5.41) is 8.14. The van der Waals surface area contributed by atoms with Crippen LogP contribution in [0.25, 0.3) is 16.6 Å². The van der Waals surface area contributed by atoms with E-state index in [4.69, 9.17) is 4.74 Å². The molecule has 0 bridgehead atoms. The Labute approximate surface area is 217 Å². The van der Waals surface area contributed by atoms with Crippen LogP contribution in [0.15, 0.2) is 47.7 Å². The van der Waals surface area contributed by atoms with Crippen LogP contribution >= 0.6 is 0 Å². The number of halogens is 3. The van der Waals surface area contributed by atoms with Gasteiger partial charge in [-0.3, -0.25) is 14.3 Å². The van der Waals surface area contributed by atoms with Crippen molar-refractivity contribution < 1.29 is 17.9 Å². The first-order valence-corrected chi connectivity index (χ1v) is 12.8. The van der Waals surface area contributed by atoms with E-state index >= 15 is 0 Å². The van der Waals surface area contributed by atoms with Crippen LogP contribution in [0, 0.1) is 5.92 Å². The highest BCUT2D eigenvalue weighted by Crippen LogP contribution is 2.39. The van der Waals surface area contributed by atoms with E-state index in [0.29, 0.717) is 42.9 Å². The van der Waals surface area contributed by atoms with Crippen molar-refractivity contribution in [2.45, 2.75) is 37.9 Å². The van der Waals surface area contributed by atoms with Crippen LogP contribution in [0.2, 0.25) is 0 Å². The lowest BCUT2D eigenvalue weighted by atomic mass is 9.77. The number of benzene rings is 1. The molecule has 3 aromatic heterocycles. The van der Waals surface area contributed by atoms with Crippen molar-refractivity contribution in [1.82, 2.24) is 29.2 Å². The predicted molar refractivity (Wildman–Crippen MR) is 135 cm³/mol. The number of aryl methyl sites for hydroxylation is 1. The summed E-state index contributed by atoms with van der Waals surface area (Å²) >= 11 is 0. The molecule has 1 aromatic carbocycles. The minimum absolute atomic E-state index is 0.0414. The molecule has 0 amide bonds. The number of aromatic nitrogens is 5. The Balaban J connectivity index is 1.45. The van der Waals surface area contributed by atoms with Crippen LogP contribution in [0.1, 0.15) is 42.4 Å². The maximum absolute atomic E-state index is 14.3. The van der Waals surface area contributed by atoms with Gasteiger partial charge in [-0.2, -0.15) is 13.2 Å². The number of aromatic amines is 1. The number of H-pyrrole nitrogens is 1. The summed E-state index contributed by atoms with van der Waals surface area (Å²) in [6.45, 7) is 5.15. The Kier molecular flexibility index (Phi) is 5.95. The van der Waals surface area contributed by atoms with Crippen LogP contribution in [-0.4, -0.2) is 55.5 Å². The zero-order valence-corrected chi connectivity index (χ0v) is 21.3. The van der Waals surface area contributed by atoms with Gasteiger partial charge in [0.25, 0.3) is 5.56 Å². The van der Waals surface area contributed by atoms with Crippen molar-refractivity contribution in [1.29, 1.82) is 0 Å². The standard InChI is InChI=1S/C27H29F3N6O2/c1-17-5-4-8-35(11-17)12-19-10-21-22(27(28,29)30)13-36(24(37)23(21)32-19)20-7-3-6-18(9-20)26(14-38-15-26)25-33-31-16-34(25)2/h3,6-7,9-10,13,16-17,32H,4-5,8,11-12,14-15H2,1-2H3/t17-/m0/s1. The fourth-order valence-corrected chi connectivity index (χ4v) is 5.84. The molecule has 200 valence electrons. The fourth-order valence-electron chi connectivity index (χ4n) is 5.84. The Morgan fingerprint density at radius 3 is 2.71 bits per heavy atom. The van der Waals surface area contributed by atoms with E-state index in [2.05, 4.69) is 27.0 Å². The average molecular weight is 527 g/mol. The van der Waals surface area contributed by atoms with E-state index in [0.717, 1.165) is 42.3 Å². The van der Waals surface area contributed by atoms with Gasteiger partial charge in [-0.25, -0.2) is 0 Å². The molecule has 2 aliphatic heterocycles. The van der Waals surface area contributed by atoms with Gasteiger partial charge in [0.15, 0.2) is 0 Å². The molecule has 2 saturated heterocycles. The summed E-state index contributed by atoms with van der Waals surface area (Å²) < 4.78 is 51.2. The summed E-state index contributed by atoms with van der Waals surface area (Å²) in [5.41, 5.74) is -0.259. The summed E-state index contributed by atoms with van der Waals surface area (Å²) in [7, 11) is 1.83. The smallest absolute Gasteiger partial charge is 0.378 e. The third kappa shape index (κ3) is 4.14. The summed E-state index contributed by atoms with van der Waals surface area (Å²) in [5.74, 6) is 1.23. The van der Waals surface area contributed by atoms with Gasteiger partial charge in [-0.1, -0.05) is 19.1 Å². The molecular formula is C27H29F3N6O2. The van der Waals surface area contributed by atoms with Crippen LogP contribution in [-0.2, 0) is 29.9 Å². The highest BCUT2D eigenvalue weighted by Gasteiger charge is 2.46. The predicted octanol–water partition coefficient (Wildman–Crippen LogP) is 4.01. The maximum atomic E-state index is 14.3. The molecule has 38 heavy (non-hydrogen) atoms. The minimum atomic E-state index is -4.63. The number of piperidine rings is 1. The highest BCUT2D eigenvalue weighted by molar-refractivity contribution is 5.84. The van der Waals surface area contributed by atoms with Crippen LogP contribution in [0.5, 0.6) is 0 Å². The number of hydrogen-bond donors (Lipinski definition) is 1. The third-order valence-electron chi connectivity index (χ3n) is 7.81. The number of hydrogen-bond acceptors (Lipinski definition) is 5. The van der Waals surface area contributed by atoms with Gasteiger partial charge < -0.3 is 14.3 Å². The van der Waals surface area contributed by atoms with Gasteiger partial charge in [0.1, 0.15) is 23.1 Å².